The molecule has 1 atom stereocenters. The van der Waals surface area contributed by atoms with Crippen LogP contribution in [0.4, 0.5) is 5.69 Å². The van der Waals surface area contributed by atoms with E-state index in [4.69, 9.17) is 9.73 Å². The van der Waals surface area contributed by atoms with Gasteiger partial charge in [0.25, 0.3) is 0 Å². The van der Waals surface area contributed by atoms with E-state index >= 15 is 0 Å². The number of amides is 1. The summed E-state index contributed by atoms with van der Waals surface area (Å²) in [5, 5.41) is 9.66. The first-order valence-corrected chi connectivity index (χ1v) is 11.4. The molecule has 1 aliphatic rings. The molecule has 1 amide bonds. The maximum Gasteiger partial charge on any atom is 0.225 e. The lowest BCUT2D eigenvalue weighted by Crippen LogP contribution is -2.40. The summed E-state index contributed by atoms with van der Waals surface area (Å²) in [5.74, 6) is 1.72. The lowest BCUT2D eigenvalue weighted by molar-refractivity contribution is -0.116. The molecule has 1 aliphatic heterocycles. The number of benzene rings is 3. The Hall–Kier alpha value is -3.07. The van der Waals surface area contributed by atoms with Gasteiger partial charge in [0.1, 0.15) is 12.4 Å². The molecule has 0 saturated carbocycles. The topological polar surface area (TPSA) is 74.8 Å². The summed E-state index contributed by atoms with van der Waals surface area (Å²) >= 11 is 0. The fourth-order valence-electron chi connectivity index (χ4n) is 3.89. The lowest BCUT2D eigenvalue weighted by Gasteiger charge is -2.26. The van der Waals surface area contributed by atoms with Crippen LogP contribution in [0.15, 0.2) is 83.9 Å². The average Bonchev–Trinajstić information content (AvgIpc) is 2.85. The van der Waals surface area contributed by atoms with Crippen molar-refractivity contribution in [1.82, 2.24) is 10.6 Å². The van der Waals surface area contributed by atoms with Gasteiger partial charge in [-0.25, -0.2) is 4.99 Å². The molecule has 4 rings (SSSR count). The van der Waals surface area contributed by atoms with Crippen molar-refractivity contribution in [3.8, 4) is 5.75 Å². The molecule has 178 valence electrons. The Labute approximate surface area is 218 Å². The summed E-state index contributed by atoms with van der Waals surface area (Å²) in [4.78, 5) is 16.8. The number of carbonyl (C=O) groups is 1. The predicted octanol–water partition coefficient (Wildman–Crippen LogP) is 5.06. The van der Waals surface area contributed by atoms with Gasteiger partial charge in [0, 0.05) is 31.1 Å². The van der Waals surface area contributed by atoms with Crippen molar-refractivity contribution in [3.05, 3.63) is 95.6 Å². The number of carbonyl (C=O) groups excluding carboxylic acids is 1. The molecule has 0 aromatic heterocycles. The van der Waals surface area contributed by atoms with Crippen LogP contribution in [0, 0.1) is 0 Å². The number of hydrogen-bond acceptors (Lipinski definition) is 3. The summed E-state index contributed by atoms with van der Waals surface area (Å²) in [5.41, 5.74) is 4.26. The van der Waals surface area contributed by atoms with Gasteiger partial charge in [-0.3, -0.25) is 4.79 Å². The Kier molecular flexibility index (Phi) is 9.75. The van der Waals surface area contributed by atoms with Crippen LogP contribution in [0.1, 0.15) is 36.0 Å². The third-order valence-corrected chi connectivity index (χ3v) is 5.53. The Morgan fingerprint density at radius 1 is 1.00 bits per heavy atom. The van der Waals surface area contributed by atoms with E-state index in [9.17, 15) is 4.79 Å². The number of nitrogens with zero attached hydrogens (tertiary/aromatic N) is 1. The van der Waals surface area contributed by atoms with Gasteiger partial charge in [0.05, 0.1) is 6.54 Å². The van der Waals surface area contributed by atoms with Gasteiger partial charge < -0.3 is 20.7 Å². The molecule has 0 fully saturated rings. The van der Waals surface area contributed by atoms with E-state index in [0.29, 0.717) is 26.1 Å². The van der Waals surface area contributed by atoms with Crippen molar-refractivity contribution in [2.24, 2.45) is 4.99 Å². The normalized spacial score (nSPS) is 14.9. The van der Waals surface area contributed by atoms with Crippen LogP contribution in [0.3, 0.4) is 0 Å². The van der Waals surface area contributed by atoms with Crippen molar-refractivity contribution in [2.45, 2.75) is 32.4 Å². The Balaban J connectivity index is 0.00000324. The summed E-state index contributed by atoms with van der Waals surface area (Å²) in [6, 6.07) is 26.1. The molecule has 1 unspecified atom stereocenters. The van der Waals surface area contributed by atoms with Crippen LogP contribution in [-0.2, 0) is 17.9 Å². The molecular formula is C27H31IN4O2. The van der Waals surface area contributed by atoms with Crippen LogP contribution in [-0.4, -0.2) is 25.0 Å². The van der Waals surface area contributed by atoms with E-state index < -0.39 is 0 Å². The first-order valence-electron chi connectivity index (χ1n) is 11.4. The second-order valence-corrected chi connectivity index (χ2v) is 8.03. The molecule has 6 nitrogen and oxygen atoms in total. The van der Waals surface area contributed by atoms with E-state index in [1.807, 2.05) is 67.6 Å². The molecule has 34 heavy (non-hydrogen) atoms. The van der Waals surface area contributed by atoms with Gasteiger partial charge in [0.2, 0.25) is 5.91 Å². The molecule has 0 saturated heterocycles. The molecule has 0 aliphatic carbocycles. The largest absolute Gasteiger partial charge is 0.489 e. The zero-order valence-corrected chi connectivity index (χ0v) is 21.6. The van der Waals surface area contributed by atoms with Gasteiger partial charge in [-0.2, -0.15) is 0 Å². The first-order chi connectivity index (χ1) is 16.2. The highest BCUT2D eigenvalue weighted by atomic mass is 127. The zero-order chi connectivity index (χ0) is 22.9. The summed E-state index contributed by atoms with van der Waals surface area (Å²) in [7, 11) is 0. The van der Waals surface area contributed by atoms with Crippen LogP contribution < -0.4 is 20.7 Å². The molecule has 0 spiro atoms. The number of fused-ring (bicyclic) bond motifs is 1. The predicted molar refractivity (Wildman–Crippen MR) is 148 cm³/mol. The van der Waals surface area contributed by atoms with E-state index in [1.54, 1.807) is 0 Å². The number of aliphatic imine (C=N–C) groups is 1. The summed E-state index contributed by atoms with van der Waals surface area (Å²) in [6.45, 7) is 4.50. The van der Waals surface area contributed by atoms with Gasteiger partial charge in [-0.05, 0) is 41.8 Å². The number of ether oxygens (including phenoxy) is 1. The number of hydrogen-bond donors (Lipinski definition) is 3. The minimum atomic E-state index is 0. The maximum atomic E-state index is 12.1. The van der Waals surface area contributed by atoms with Crippen LogP contribution >= 0.6 is 24.0 Å². The minimum absolute atomic E-state index is 0. The molecule has 0 radical (unpaired) electrons. The van der Waals surface area contributed by atoms with Gasteiger partial charge in [-0.15, -0.1) is 24.0 Å². The lowest BCUT2D eigenvalue weighted by atomic mass is 9.90. The average molecular weight is 570 g/mol. The Bertz CT molecular complexity index is 1100. The third-order valence-electron chi connectivity index (χ3n) is 5.53. The van der Waals surface area contributed by atoms with Crippen molar-refractivity contribution in [2.75, 3.05) is 18.4 Å². The highest BCUT2D eigenvalue weighted by molar-refractivity contribution is 14.0. The second kappa shape index (κ2) is 13.0. The van der Waals surface area contributed by atoms with E-state index in [2.05, 4.69) is 34.1 Å². The number of guanidine groups is 1. The molecule has 7 heteroatoms. The van der Waals surface area contributed by atoms with E-state index in [0.717, 1.165) is 40.6 Å². The molecule has 3 aromatic carbocycles. The minimum Gasteiger partial charge on any atom is -0.489 e. The molecule has 3 aromatic rings. The number of rotatable bonds is 8. The van der Waals surface area contributed by atoms with Crippen LogP contribution in [0.25, 0.3) is 0 Å². The number of anilines is 1. The third kappa shape index (κ3) is 7.21. The van der Waals surface area contributed by atoms with Gasteiger partial charge in [0.15, 0.2) is 5.96 Å². The van der Waals surface area contributed by atoms with Crippen molar-refractivity contribution >= 4 is 41.5 Å². The number of para-hydroxylation sites is 1. The second-order valence-electron chi connectivity index (χ2n) is 8.03. The van der Waals surface area contributed by atoms with E-state index in [1.165, 1.54) is 0 Å². The van der Waals surface area contributed by atoms with Crippen molar-refractivity contribution in [3.63, 3.8) is 0 Å². The number of halogens is 1. The Morgan fingerprint density at radius 2 is 1.76 bits per heavy atom. The summed E-state index contributed by atoms with van der Waals surface area (Å²) in [6.07, 6.45) is 0.463. The molecule has 1 heterocycles. The molecule has 3 N–H and O–H groups in total. The van der Waals surface area contributed by atoms with Crippen LogP contribution in [0.5, 0.6) is 5.75 Å². The van der Waals surface area contributed by atoms with E-state index in [-0.39, 0.29) is 35.8 Å². The van der Waals surface area contributed by atoms with Crippen molar-refractivity contribution < 1.29 is 9.53 Å². The van der Waals surface area contributed by atoms with Crippen LogP contribution in [0.2, 0.25) is 0 Å². The van der Waals surface area contributed by atoms with Gasteiger partial charge in [-0.1, -0.05) is 60.7 Å². The smallest absolute Gasteiger partial charge is 0.225 e. The molecule has 0 bridgehead atoms. The fraction of sp³-hybridized carbons (Fsp3) is 0.259. The maximum absolute atomic E-state index is 12.1. The standard InChI is InChI=1S/C27H30N4O2.HI/c1-2-28-27(30-18-22-16-26(32)31-25-14-7-6-13-24(22)25)29-17-21-11-8-12-23(15-21)33-19-20-9-4-3-5-10-20;/h3-15,22H,2,16-19H2,1H3,(H,31,32)(H2,28,29,30);1H. The SMILES string of the molecule is CCNC(=NCc1cccc(OCc2ccccc2)c1)NCC1CC(=O)Nc2ccccc21.I. The first kappa shape index (κ1) is 25.6. The summed E-state index contributed by atoms with van der Waals surface area (Å²) < 4.78 is 5.94. The highest BCUT2D eigenvalue weighted by Crippen LogP contribution is 2.31. The highest BCUT2D eigenvalue weighted by Gasteiger charge is 2.24. The Morgan fingerprint density at radius 3 is 2.59 bits per heavy atom. The fourth-order valence-corrected chi connectivity index (χ4v) is 3.89. The monoisotopic (exact) mass is 570 g/mol. The quantitative estimate of drug-likeness (QED) is 0.201. The number of nitrogens with one attached hydrogen (secondary N) is 3. The van der Waals surface area contributed by atoms with Crippen molar-refractivity contribution in [1.29, 1.82) is 0 Å². The van der Waals surface area contributed by atoms with Gasteiger partial charge >= 0.3 is 0 Å². The zero-order valence-electron chi connectivity index (χ0n) is 19.3. The molecular weight excluding hydrogens is 539 g/mol.